The number of anilines is 1. The zero-order chi connectivity index (χ0) is 9.42. The van der Waals surface area contributed by atoms with Crippen LogP contribution in [0.25, 0.3) is 11.0 Å². The van der Waals surface area contributed by atoms with E-state index in [1.807, 2.05) is 6.26 Å². The van der Waals surface area contributed by atoms with Crippen LogP contribution in [-0.2, 0) is 0 Å². The third-order valence-corrected chi connectivity index (χ3v) is 2.49. The average Bonchev–Trinajstić information content (AvgIpc) is 2.47. The molecule has 6 heteroatoms. The van der Waals surface area contributed by atoms with Crippen molar-refractivity contribution >= 4 is 40.3 Å². The van der Waals surface area contributed by atoms with Gasteiger partial charge in [0.2, 0.25) is 0 Å². The second kappa shape index (κ2) is 3.08. The standard InChI is InChI=1S/C7H7ClN4S/c1-13-12-7-4(3-10-12)5(9)2-6(8)11-7/h2-3H,1H3,(H2,9,11). The highest BCUT2D eigenvalue weighted by molar-refractivity contribution is 7.97. The maximum Gasteiger partial charge on any atom is 0.173 e. The first-order valence-corrected chi connectivity index (χ1v) is 5.12. The van der Waals surface area contributed by atoms with E-state index in [1.165, 1.54) is 11.9 Å². The van der Waals surface area contributed by atoms with Crippen LogP contribution in [0.4, 0.5) is 5.69 Å². The van der Waals surface area contributed by atoms with Gasteiger partial charge in [-0.05, 0) is 18.0 Å². The average molecular weight is 215 g/mol. The van der Waals surface area contributed by atoms with Gasteiger partial charge in [-0.1, -0.05) is 11.6 Å². The maximum absolute atomic E-state index is 5.77. The van der Waals surface area contributed by atoms with Crippen LogP contribution in [-0.4, -0.2) is 20.4 Å². The number of rotatable bonds is 1. The Balaban J connectivity index is 2.82. The van der Waals surface area contributed by atoms with Crippen LogP contribution in [0, 0.1) is 0 Å². The molecule has 0 aromatic carbocycles. The van der Waals surface area contributed by atoms with Crippen LogP contribution in [0.1, 0.15) is 0 Å². The SMILES string of the molecule is CSn1ncc2c(N)cc(Cl)nc21. The monoisotopic (exact) mass is 214 g/mol. The molecular weight excluding hydrogens is 208 g/mol. The van der Waals surface area contributed by atoms with Crippen LogP contribution >= 0.6 is 23.5 Å². The highest BCUT2D eigenvalue weighted by atomic mass is 35.5. The molecule has 4 nitrogen and oxygen atoms in total. The van der Waals surface area contributed by atoms with Crippen molar-refractivity contribution in [1.82, 2.24) is 14.2 Å². The molecule has 0 unspecified atom stereocenters. The minimum Gasteiger partial charge on any atom is -0.398 e. The Morgan fingerprint density at radius 1 is 1.62 bits per heavy atom. The first-order valence-electron chi connectivity index (χ1n) is 3.56. The second-order valence-corrected chi connectivity index (χ2v) is 3.57. The number of hydrogen-bond acceptors (Lipinski definition) is 4. The van der Waals surface area contributed by atoms with Crippen molar-refractivity contribution in [3.8, 4) is 0 Å². The third kappa shape index (κ3) is 1.34. The molecule has 2 heterocycles. The fraction of sp³-hybridized carbons (Fsp3) is 0.143. The Morgan fingerprint density at radius 2 is 2.38 bits per heavy atom. The molecule has 0 saturated carbocycles. The van der Waals surface area contributed by atoms with Crippen molar-refractivity contribution in [2.24, 2.45) is 0 Å². The van der Waals surface area contributed by atoms with Gasteiger partial charge in [0.1, 0.15) is 5.15 Å². The van der Waals surface area contributed by atoms with E-state index in [9.17, 15) is 0 Å². The molecule has 68 valence electrons. The first-order chi connectivity index (χ1) is 6.22. The number of nitrogens with zero attached hydrogens (tertiary/aromatic N) is 3. The number of nitrogen functional groups attached to an aromatic ring is 1. The molecule has 0 bridgehead atoms. The van der Waals surface area contributed by atoms with Crippen molar-refractivity contribution in [3.05, 3.63) is 17.4 Å². The number of pyridine rings is 1. The van der Waals surface area contributed by atoms with Gasteiger partial charge in [-0.3, -0.25) is 0 Å². The minimum absolute atomic E-state index is 0.390. The summed E-state index contributed by atoms with van der Waals surface area (Å²) in [6.07, 6.45) is 3.59. The van der Waals surface area contributed by atoms with Gasteiger partial charge in [-0.15, -0.1) is 0 Å². The van der Waals surface area contributed by atoms with Gasteiger partial charge in [0, 0.05) is 11.9 Å². The first kappa shape index (κ1) is 8.65. The second-order valence-electron chi connectivity index (χ2n) is 2.47. The smallest absolute Gasteiger partial charge is 0.173 e. The summed E-state index contributed by atoms with van der Waals surface area (Å²) in [7, 11) is 0. The lowest BCUT2D eigenvalue weighted by molar-refractivity contribution is 1.02. The lowest BCUT2D eigenvalue weighted by Crippen LogP contribution is -1.92. The van der Waals surface area contributed by atoms with E-state index in [-0.39, 0.29) is 0 Å². The molecule has 2 N–H and O–H groups in total. The van der Waals surface area contributed by atoms with E-state index in [0.717, 1.165) is 5.39 Å². The molecule has 0 amide bonds. The van der Waals surface area contributed by atoms with E-state index in [1.54, 1.807) is 16.4 Å². The molecule has 0 radical (unpaired) electrons. The summed E-state index contributed by atoms with van der Waals surface area (Å²) >= 11 is 7.22. The summed E-state index contributed by atoms with van der Waals surface area (Å²) < 4.78 is 1.68. The Kier molecular flexibility index (Phi) is 2.05. The summed E-state index contributed by atoms with van der Waals surface area (Å²) in [5.41, 5.74) is 7.05. The molecule has 0 saturated heterocycles. The van der Waals surface area contributed by atoms with Gasteiger partial charge in [-0.25, -0.2) is 4.98 Å². The normalized spacial score (nSPS) is 10.9. The molecule has 2 aromatic heterocycles. The Hall–Kier alpha value is -0.940. The third-order valence-electron chi connectivity index (χ3n) is 1.69. The molecule has 0 aliphatic rings. The van der Waals surface area contributed by atoms with Crippen LogP contribution < -0.4 is 5.73 Å². The summed E-state index contributed by atoms with van der Waals surface area (Å²) in [5, 5.41) is 5.32. The quantitative estimate of drug-likeness (QED) is 0.736. The van der Waals surface area contributed by atoms with Crippen LogP contribution in [0.15, 0.2) is 12.3 Å². The number of fused-ring (bicyclic) bond motifs is 1. The van der Waals surface area contributed by atoms with Crippen LogP contribution in [0.2, 0.25) is 5.15 Å². The van der Waals surface area contributed by atoms with Gasteiger partial charge in [0.05, 0.1) is 11.6 Å². The summed E-state index contributed by atoms with van der Waals surface area (Å²) in [6.45, 7) is 0. The summed E-state index contributed by atoms with van der Waals surface area (Å²) in [4.78, 5) is 4.13. The molecular formula is C7H7ClN4S. The molecule has 13 heavy (non-hydrogen) atoms. The Labute approximate surface area is 84.2 Å². The van der Waals surface area contributed by atoms with E-state index < -0.39 is 0 Å². The summed E-state index contributed by atoms with van der Waals surface area (Å²) in [5.74, 6) is 0. The Morgan fingerprint density at radius 3 is 3.08 bits per heavy atom. The van der Waals surface area contributed by atoms with Crippen molar-refractivity contribution in [2.75, 3.05) is 12.0 Å². The van der Waals surface area contributed by atoms with Gasteiger partial charge in [0.25, 0.3) is 0 Å². The van der Waals surface area contributed by atoms with Gasteiger partial charge in [0.15, 0.2) is 5.65 Å². The van der Waals surface area contributed by atoms with Crippen molar-refractivity contribution in [3.63, 3.8) is 0 Å². The van der Waals surface area contributed by atoms with Crippen molar-refractivity contribution < 1.29 is 0 Å². The predicted molar refractivity (Wildman–Crippen MR) is 55.9 cm³/mol. The minimum atomic E-state index is 0.390. The predicted octanol–water partition coefficient (Wildman–Crippen LogP) is 1.79. The maximum atomic E-state index is 5.77. The van der Waals surface area contributed by atoms with Gasteiger partial charge in [-0.2, -0.15) is 9.19 Å². The van der Waals surface area contributed by atoms with Crippen molar-refractivity contribution in [1.29, 1.82) is 0 Å². The van der Waals surface area contributed by atoms with Gasteiger partial charge < -0.3 is 5.73 Å². The zero-order valence-corrected chi connectivity index (χ0v) is 8.43. The Bertz CT molecular complexity index is 453. The number of aromatic nitrogens is 3. The van der Waals surface area contributed by atoms with Crippen LogP contribution in [0.5, 0.6) is 0 Å². The molecule has 0 aliphatic carbocycles. The number of hydrogen-bond donors (Lipinski definition) is 1. The molecule has 0 spiro atoms. The van der Waals surface area contributed by atoms with E-state index in [2.05, 4.69) is 10.1 Å². The topological polar surface area (TPSA) is 56.7 Å². The van der Waals surface area contributed by atoms with E-state index in [0.29, 0.717) is 16.5 Å². The number of halogens is 1. The molecule has 0 fully saturated rings. The fourth-order valence-corrected chi connectivity index (χ4v) is 1.76. The molecule has 0 atom stereocenters. The highest BCUT2D eigenvalue weighted by Crippen LogP contribution is 2.23. The largest absolute Gasteiger partial charge is 0.398 e. The van der Waals surface area contributed by atoms with Crippen LogP contribution in [0.3, 0.4) is 0 Å². The van der Waals surface area contributed by atoms with Crippen molar-refractivity contribution in [2.45, 2.75) is 0 Å². The van der Waals surface area contributed by atoms with E-state index in [4.69, 9.17) is 17.3 Å². The molecule has 2 rings (SSSR count). The fourth-order valence-electron chi connectivity index (χ4n) is 1.11. The summed E-state index contributed by atoms with van der Waals surface area (Å²) in [6, 6.07) is 1.62. The lowest BCUT2D eigenvalue weighted by Gasteiger charge is -1.98. The highest BCUT2D eigenvalue weighted by Gasteiger charge is 2.07. The lowest BCUT2D eigenvalue weighted by atomic mass is 10.3. The van der Waals surface area contributed by atoms with E-state index >= 15 is 0 Å². The molecule has 0 aliphatic heterocycles. The zero-order valence-electron chi connectivity index (χ0n) is 6.86. The number of nitrogens with two attached hydrogens (primary N) is 1. The van der Waals surface area contributed by atoms with Gasteiger partial charge >= 0.3 is 0 Å². The molecule has 2 aromatic rings.